The molecule has 8 heteroatoms. The Hall–Kier alpha value is -3.65. The number of nitrogens with one attached hydrogen (secondary N) is 2. The summed E-state index contributed by atoms with van der Waals surface area (Å²) in [4.78, 5) is 14.8. The molecule has 2 aromatic carbocycles. The average Bonchev–Trinajstić information content (AvgIpc) is 2.89. The van der Waals surface area contributed by atoms with Gasteiger partial charge in [0.05, 0.1) is 31.7 Å². The Kier molecular flexibility index (Phi) is 8.29. The van der Waals surface area contributed by atoms with E-state index in [-0.39, 0.29) is 5.91 Å². The van der Waals surface area contributed by atoms with Gasteiger partial charge in [0.2, 0.25) is 0 Å². The summed E-state index contributed by atoms with van der Waals surface area (Å²) in [5.74, 6) is 1.28. The predicted octanol–water partition coefficient (Wildman–Crippen LogP) is 4.88. The largest absolute Gasteiger partial charge is 0.494 e. The number of rotatable bonds is 10. The molecular formula is C26H31N5O3. The molecule has 3 aromatic rings. The van der Waals surface area contributed by atoms with E-state index in [0.717, 1.165) is 62.7 Å². The minimum absolute atomic E-state index is 0.165. The highest BCUT2D eigenvalue weighted by Crippen LogP contribution is 2.22. The molecule has 1 saturated heterocycles. The first-order valence-electron chi connectivity index (χ1n) is 11.8. The molecule has 1 aromatic heterocycles. The molecule has 4 rings (SSSR count). The summed E-state index contributed by atoms with van der Waals surface area (Å²) in [6.07, 6.45) is 5.12. The van der Waals surface area contributed by atoms with Gasteiger partial charge < -0.3 is 25.0 Å². The number of benzene rings is 2. The first-order chi connectivity index (χ1) is 16.7. The molecule has 0 unspecified atom stereocenters. The molecule has 0 radical (unpaired) electrons. The standard InChI is InChI=1S/C26H31N5O3/c1-2-3-4-15-34-24-11-5-20(6-12-24)26(32)29-22-9-7-21(8-10-22)28-25-18-23(19-27-30-25)31-13-16-33-17-14-31/h5-12,18-19H,2-4,13-17H2,1H3,(H,28,30)(H,29,32). The van der Waals surface area contributed by atoms with Crippen molar-refractivity contribution in [2.75, 3.05) is 48.4 Å². The maximum Gasteiger partial charge on any atom is 0.255 e. The first kappa shape index (κ1) is 23.5. The third kappa shape index (κ3) is 6.68. The number of carbonyl (C=O) groups excluding carboxylic acids is 1. The van der Waals surface area contributed by atoms with E-state index in [1.807, 2.05) is 42.5 Å². The Morgan fingerprint density at radius 2 is 1.76 bits per heavy atom. The topological polar surface area (TPSA) is 88.6 Å². The van der Waals surface area contributed by atoms with Gasteiger partial charge in [-0.1, -0.05) is 19.8 Å². The van der Waals surface area contributed by atoms with E-state index in [4.69, 9.17) is 9.47 Å². The molecule has 2 N–H and O–H groups in total. The lowest BCUT2D eigenvalue weighted by atomic mass is 10.2. The zero-order valence-corrected chi connectivity index (χ0v) is 19.5. The van der Waals surface area contributed by atoms with Crippen molar-refractivity contribution < 1.29 is 14.3 Å². The summed E-state index contributed by atoms with van der Waals surface area (Å²) >= 11 is 0. The molecule has 1 aliphatic rings. The molecule has 0 saturated carbocycles. The molecule has 1 amide bonds. The Balaban J connectivity index is 1.30. The molecular weight excluding hydrogens is 430 g/mol. The maximum atomic E-state index is 12.6. The van der Waals surface area contributed by atoms with Crippen LogP contribution in [0.5, 0.6) is 5.75 Å². The number of hydrogen-bond donors (Lipinski definition) is 2. The fourth-order valence-electron chi connectivity index (χ4n) is 3.64. The van der Waals surface area contributed by atoms with Gasteiger partial charge in [0, 0.05) is 36.1 Å². The number of aromatic nitrogens is 2. The minimum Gasteiger partial charge on any atom is -0.494 e. The van der Waals surface area contributed by atoms with E-state index >= 15 is 0 Å². The van der Waals surface area contributed by atoms with Gasteiger partial charge in [0.25, 0.3) is 5.91 Å². The second-order valence-corrected chi connectivity index (χ2v) is 8.13. The van der Waals surface area contributed by atoms with Crippen LogP contribution < -0.4 is 20.3 Å². The van der Waals surface area contributed by atoms with Gasteiger partial charge in [-0.3, -0.25) is 4.79 Å². The lowest BCUT2D eigenvalue weighted by Gasteiger charge is -2.28. The van der Waals surface area contributed by atoms with Crippen LogP contribution in [0.4, 0.5) is 22.9 Å². The van der Waals surface area contributed by atoms with Gasteiger partial charge in [0.15, 0.2) is 5.82 Å². The summed E-state index contributed by atoms with van der Waals surface area (Å²) < 4.78 is 11.1. The SMILES string of the molecule is CCCCCOc1ccc(C(=O)Nc2ccc(Nc3cc(N4CCOCC4)cnn3)cc2)cc1. The molecule has 2 heterocycles. The van der Waals surface area contributed by atoms with Crippen LogP contribution in [0.3, 0.4) is 0 Å². The number of ether oxygens (including phenoxy) is 2. The Bertz CT molecular complexity index is 1050. The van der Waals surface area contributed by atoms with Crippen molar-refractivity contribution in [2.24, 2.45) is 0 Å². The predicted molar refractivity (Wildman–Crippen MR) is 134 cm³/mol. The molecule has 1 fully saturated rings. The van der Waals surface area contributed by atoms with Crippen molar-refractivity contribution >= 4 is 28.8 Å². The van der Waals surface area contributed by atoms with Crippen LogP contribution in [-0.4, -0.2) is 49.0 Å². The molecule has 0 aliphatic carbocycles. The number of anilines is 4. The van der Waals surface area contributed by atoms with Gasteiger partial charge in [-0.05, 0) is 55.0 Å². The molecule has 0 bridgehead atoms. The monoisotopic (exact) mass is 461 g/mol. The molecule has 0 atom stereocenters. The van der Waals surface area contributed by atoms with Crippen LogP contribution in [0.1, 0.15) is 36.5 Å². The number of amides is 1. The smallest absolute Gasteiger partial charge is 0.255 e. The van der Waals surface area contributed by atoms with E-state index in [1.165, 1.54) is 0 Å². The van der Waals surface area contributed by atoms with Crippen molar-refractivity contribution in [3.8, 4) is 5.75 Å². The van der Waals surface area contributed by atoms with Gasteiger partial charge in [0.1, 0.15) is 5.75 Å². The second kappa shape index (κ2) is 12.0. The number of carbonyl (C=O) groups is 1. The van der Waals surface area contributed by atoms with Crippen LogP contribution in [0.2, 0.25) is 0 Å². The fourth-order valence-corrected chi connectivity index (χ4v) is 3.64. The molecule has 8 nitrogen and oxygen atoms in total. The highest BCUT2D eigenvalue weighted by atomic mass is 16.5. The number of hydrogen-bond acceptors (Lipinski definition) is 7. The lowest BCUT2D eigenvalue weighted by Crippen LogP contribution is -2.36. The van der Waals surface area contributed by atoms with Gasteiger partial charge in [-0.25, -0.2) is 0 Å². The normalized spacial score (nSPS) is 13.4. The molecule has 0 spiro atoms. The maximum absolute atomic E-state index is 12.6. The lowest BCUT2D eigenvalue weighted by molar-refractivity contribution is 0.102. The zero-order chi connectivity index (χ0) is 23.6. The summed E-state index contributed by atoms with van der Waals surface area (Å²) in [6, 6.07) is 16.7. The van der Waals surface area contributed by atoms with Crippen molar-refractivity contribution in [3.05, 3.63) is 66.4 Å². The zero-order valence-electron chi connectivity index (χ0n) is 19.5. The third-order valence-electron chi connectivity index (χ3n) is 5.56. The van der Waals surface area contributed by atoms with Crippen molar-refractivity contribution in [1.29, 1.82) is 0 Å². The van der Waals surface area contributed by atoms with E-state index in [9.17, 15) is 4.79 Å². The van der Waals surface area contributed by atoms with Crippen molar-refractivity contribution in [1.82, 2.24) is 10.2 Å². The van der Waals surface area contributed by atoms with E-state index < -0.39 is 0 Å². The Morgan fingerprint density at radius 3 is 2.50 bits per heavy atom. The summed E-state index contributed by atoms with van der Waals surface area (Å²) in [6.45, 7) is 5.98. The van der Waals surface area contributed by atoms with E-state index in [1.54, 1.807) is 18.3 Å². The van der Waals surface area contributed by atoms with Crippen molar-refractivity contribution in [3.63, 3.8) is 0 Å². The van der Waals surface area contributed by atoms with Crippen LogP contribution in [-0.2, 0) is 4.74 Å². The van der Waals surface area contributed by atoms with Crippen molar-refractivity contribution in [2.45, 2.75) is 26.2 Å². The molecule has 1 aliphatic heterocycles. The van der Waals surface area contributed by atoms with E-state index in [0.29, 0.717) is 23.7 Å². The minimum atomic E-state index is -0.165. The first-order valence-corrected chi connectivity index (χ1v) is 11.8. The number of morpholine rings is 1. The summed E-state index contributed by atoms with van der Waals surface area (Å²) in [7, 11) is 0. The third-order valence-corrected chi connectivity index (χ3v) is 5.56. The second-order valence-electron chi connectivity index (χ2n) is 8.13. The van der Waals surface area contributed by atoms with Crippen LogP contribution in [0.15, 0.2) is 60.8 Å². The van der Waals surface area contributed by atoms with Crippen LogP contribution in [0.25, 0.3) is 0 Å². The highest BCUT2D eigenvalue weighted by molar-refractivity contribution is 6.04. The quantitative estimate of drug-likeness (QED) is 0.416. The van der Waals surface area contributed by atoms with E-state index in [2.05, 4.69) is 32.7 Å². The fraction of sp³-hybridized carbons (Fsp3) is 0.346. The molecule has 178 valence electrons. The van der Waals surface area contributed by atoms with Gasteiger partial charge in [-0.2, -0.15) is 5.10 Å². The molecule has 34 heavy (non-hydrogen) atoms. The Labute approximate surface area is 200 Å². The Morgan fingerprint density at radius 1 is 1.03 bits per heavy atom. The van der Waals surface area contributed by atoms with Gasteiger partial charge in [-0.15, -0.1) is 5.10 Å². The summed E-state index contributed by atoms with van der Waals surface area (Å²) in [5, 5.41) is 14.5. The van der Waals surface area contributed by atoms with Crippen LogP contribution >= 0.6 is 0 Å². The van der Waals surface area contributed by atoms with Crippen LogP contribution in [0, 0.1) is 0 Å². The summed E-state index contributed by atoms with van der Waals surface area (Å²) in [5.41, 5.74) is 3.17. The highest BCUT2D eigenvalue weighted by Gasteiger charge is 2.12. The number of nitrogens with zero attached hydrogens (tertiary/aromatic N) is 3. The average molecular weight is 462 g/mol. The van der Waals surface area contributed by atoms with Gasteiger partial charge >= 0.3 is 0 Å². The number of unbranched alkanes of at least 4 members (excludes halogenated alkanes) is 2.